The van der Waals surface area contributed by atoms with E-state index in [4.69, 9.17) is 16.2 Å². The normalized spacial score (nSPS) is 29.1. The molecule has 0 spiro atoms. The number of nitrogens with two attached hydrogens (primary N) is 2. The first kappa shape index (κ1) is 14.3. The molecule has 1 heterocycles. The van der Waals surface area contributed by atoms with E-state index in [0.717, 1.165) is 24.8 Å². The number of pyridine rings is 1. The van der Waals surface area contributed by atoms with Crippen molar-refractivity contribution in [3.63, 3.8) is 0 Å². The van der Waals surface area contributed by atoms with Crippen LogP contribution in [0.3, 0.4) is 0 Å². The summed E-state index contributed by atoms with van der Waals surface area (Å²) in [6.45, 7) is 2.28. The van der Waals surface area contributed by atoms with E-state index < -0.39 is 0 Å². The molecule has 1 aromatic heterocycles. The van der Waals surface area contributed by atoms with Crippen molar-refractivity contribution in [2.24, 2.45) is 11.7 Å². The maximum absolute atomic E-state index is 6.45. The van der Waals surface area contributed by atoms with Gasteiger partial charge in [-0.15, -0.1) is 0 Å². The standard InChI is InChI=1S/C15H25N3O/c1-11-5-3-7-15(10-11,19-2)13(16)9-12-6-4-8-18-14(12)17/h4,6,8,11,13H,3,5,7,9-10,16H2,1-2H3,(H2,17,18). The number of nitrogen functional groups attached to an aromatic ring is 1. The number of hydrogen-bond acceptors (Lipinski definition) is 4. The van der Waals surface area contributed by atoms with E-state index in [0.29, 0.717) is 11.7 Å². The van der Waals surface area contributed by atoms with Crippen molar-refractivity contribution < 1.29 is 4.74 Å². The molecule has 1 saturated carbocycles. The molecule has 1 aliphatic rings. The molecule has 4 nitrogen and oxygen atoms in total. The van der Waals surface area contributed by atoms with Gasteiger partial charge in [-0.3, -0.25) is 0 Å². The Bertz CT molecular complexity index is 424. The van der Waals surface area contributed by atoms with Gasteiger partial charge in [0.25, 0.3) is 0 Å². The van der Waals surface area contributed by atoms with Crippen LogP contribution in [0.4, 0.5) is 5.82 Å². The van der Waals surface area contributed by atoms with Crippen LogP contribution in [0.2, 0.25) is 0 Å². The van der Waals surface area contributed by atoms with Gasteiger partial charge in [0.15, 0.2) is 0 Å². The summed E-state index contributed by atoms with van der Waals surface area (Å²) >= 11 is 0. The van der Waals surface area contributed by atoms with Crippen LogP contribution in [0, 0.1) is 5.92 Å². The Morgan fingerprint density at radius 3 is 3.00 bits per heavy atom. The summed E-state index contributed by atoms with van der Waals surface area (Å²) in [5, 5.41) is 0. The van der Waals surface area contributed by atoms with E-state index in [1.807, 2.05) is 12.1 Å². The van der Waals surface area contributed by atoms with Gasteiger partial charge in [0.2, 0.25) is 0 Å². The van der Waals surface area contributed by atoms with Gasteiger partial charge in [0.05, 0.1) is 5.60 Å². The van der Waals surface area contributed by atoms with Crippen LogP contribution in [0.25, 0.3) is 0 Å². The molecule has 1 aliphatic carbocycles. The average Bonchev–Trinajstić information content (AvgIpc) is 2.41. The monoisotopic (exact) mass is 263 g/mol. The third-order valence-electron chi connectivity index (χ3n) is 4.44. The van der Waals surface area contributed by atoms with Crippen molar-refractivity contribution in [3.8, 4) is 0 Å². The Morgan fingerprint density at radius 2 is 2.37 bits per heavy atom. The molecule has 0 amide bonds. The van der Waals surface area contributed by atoms with Crippen LogP contribution < -0.4 is 11.5 Å². The van der Waals surface area contributed by atoms with Crippen molar-refractivity contribution >= 4 is 5.82 Å². The fourth-order valence-electron chi connectivity index (χ4n) is 3.26. The SMILES string of the molecule is COC1(C(N)Cc2cccnc2N)CCCC(C)C1. The van der Waals surface area contributed by atoms with Crippen molar-refractivity contribution in [3.05, 3.63) is 23.9 Å². The van der Waals surface area contributed by atoms with Crippen molar-refractivity contribution in [1.82, 2.24) is 4.98 Å². The lowest BCUT2D eigenvalue weighted by atomic mass is 9.73. The van der Waals surface area contributed by atoms with Crippen molar-refractivity contribution in [2.45, 2.75) is 50.7 Å². The number of rotatable bonds is 4. The van der Waals surface area contributed by atoms with E-state index in [9.17, 15) is 0 Å². The minimum Gasteiger partial charge on any atom is -0.383 e. The summed E-state index contributed by atoms with van der Waals surface area (Å²) < 4.78 is 5.84. The smallest absolute Gasteiger partial charge is 0.126 e. The lowest BCUT2D eigenvalue weighted by molar-refractivity contribution is -0.0705. The number of aromatic nitrogens is 1. The highest BCUT2D eigenvalue weighted by atomic mass is 16.5. The second-order valence-electron chi connectivity index (χ2n) is 5.83. The predicted molar refractivity (Wildman–Crippen MR) is 77.7 cm³/mol. The quantitative estimate of drug-likeness (QED) is 0.872. The van der Waals surface area contributed by atoms with Crippen LogP contribution in [0.1, 0.15) is 38.2 Å². The summed E-state index contributed by atoms with van der Waals surface area (Å²) in [4.78, 5) is 4.12. The highest BCUT2D eigenvalue weighted by molar-refractivity contribution is 5.39. The summed E-state index contributed by atoms with van der Waals surface area (Å²) in [5.41, 5.74) is 13.2. The third kappa shape index (κ3) is 3.07. The Hall–Kier alpha value is -1.13. The number of nitrogens with zero attached hydrogens (tertiary/aromatic N) is 1. The lowest BCUT2D eigenvalue weighted by Gasteiger charge is -2.43. The van der Waals surface area contributed by atoms with Crippen molar-refractivity contribution in [1.29, 1.82) is 0 Å². The Kier molecular flexibility index (Phi) is 4.42. The van der Waals surface area contributed by atoms with Gasteiger partial charge in [0, 0.05) is 19.3 Å². The first-order valence-corrected chi connectivity index (χ1v) is 7.07. The van der Waals surface area contributed by atoms with E-state index in [1.165, 1.54) is 12.8 Å². The molecule has 4 N–H and O–H groups in total. The van der Waals surface area contributed by atoms with Gasteiger partial charge < -0.3 is 16.2 Å². The Morgan fingerprint density at radius 1 is 1.58 bits per heavy atom. The maximum atomic E-state index is 6.45. The van der Waals surface area contributed by atoms with Gasteiger partial charge in [-0.1, -0.05) is 25.8 Å². The fraction of sp³-hybridized carbons (Fsp3) is 0.667. The molecule has 0 saturated heterocycles. The zero-order chi connectivity index (χ0) is 13.9. The van der Waals surface area contributed by atoms with Gasteiger partial charge in [-0.25, -0.2) is 4.98 Å². The van der Waals surface area contributed by atoms with E-state index in [2.05, 4.69) is 11.9 Å². The van der Waals surface area contributed by atoms with Crippen LogP contribution in [0.5, 0.6) is 0 Å². The summed E-state index contributed by atoms with van der Waals surface area (Å²) in [5.74, 6) is 1.25. The molecular weight excluding hydrogens is 238 g/mol. The molecule has 0 bridgehead atoms. The summed E-state index contributed by atoms with van der Waals surface area (Å²) in [6, 6.07) is 3.87. The highest BCUT2D eigenvalue weighted by Crippen LogP contribution is 2.37. The van der Waals surface area contributed by atoms with Gasteiger partial charge in [-0.05, 0) is 36.8 Å². The fourth-order valence-corrected chi connectivity index (χ4v) is 3.26. The number of methoxy groups -OCH3 is 1. The van der Waals surface area contributed by atoms with E-state index >= 15 is 0 Å². The second-order valence-corrected chi connectivity index (χ2v) is 5.83. The number of anilines is 1. The Balaban J connectivity index is 2.13. The molecule has 0 aromatic carbocycles. The van der Waals surface area contributed by atoms with Gasteiger partial charge in [-0.2, -0.15) is 0 Å². The first-order chi connectivity index (χ1) is 9.07. The summed E-state index contributed by atoms with van der Waals surface area (Å²) in [7, 11) is 1.78. The molecule has 3 atom stereocenters. The van der Waals surface area contributed by atoms with Gasteiger partial charge >= 0.3 is 0 Å². The minimum atomic E-state index is -0.208. The Labute approximate surface area is 115 Å². The molecule has 1 fully saturated rings. The van der Waals surface area contributed by atoms with Crippen LogP contribution in [0.15, 0.2) is 18.3 Å². The molecule has 3 unspecified atom stereocenters. The molecule has 19 heavy (non-hydrogen) atoms. The maximum Gasteiger partial charge on any atom is 0.126 e. The van der Waals surface area contributed by atoms with Crippen LogP contribution in [-0.4, -0.2) is 23.7 Å². The predicted octanol–water partition coefficient (Wildman–Crippen LogP) is 2.13. The number of ether oxygens (including phenoxy) is 1. The lowest BCUT2D eigenvalue weighted by Crippen LogP contribution is -2.53. The van der Waals surface area contributed by atoms with Gasteiger partial charge in [0.1, 0.15) is 5.82 Å². The second kappa shape index (κ2) is 5.88. The third-order valence-corrected chi connectivity index (χ3v) is 4.44. The molecule has 4 heteroatoms. The topological polar surface area (TPSA) is 74.2 Å². The first-order valence-electron chi connectivity index (χ1n) is 7.07. The van der Waals surface area contributed by atoms with E-state index in [-0.39, 0.29) is 11.6 Å². The molecule has 1 aromatic rings. The highest BCUT2D eigenvalue weighted by Gasteiger charge is 2.40. The van der Waals surface area contributed by atoms with Crippen molar-refractivity contribution in [2.75, 3.05) is 12.8 Å². The molecular formula is C15H25N3O. The van der Waals surface area contributed by atoms with Crippen LogP contribution >= 0.6 is 0 Å². The summed E-state index contributed by atoms with van der Waals surface area (Å²) in [6.07, 6.45) is 6.96. The molecule has 0 radical (unpaired) electrons. The zero-order valence-corrected chi connectivity index (χ0v) is 11.9. The molecule has 0 aliphatic heterocycles. The largest absolute Gasteiger partial charge is 0.383 e. The van der Waals surface area contributed by atoms with Crippen LogP contribution in [-0.2, 0) is 11.2 Å². The zero-order valence-electron chi connectivity index (χ0n) is 11.9. The minimum absolute atomic E-state index is 0.0354. The molecule has 106 valence electrons. The van der Waals surface area contributed by atoms with E-state index in [1.54, 1.807) is 13.3 Å². The molecule has 2 rings (SSSR count). The number of hydrogen-bond donors (Lipinski definition) is 2. The average molecular weight is 263 g/mol.